The van der Waals surface area contributed by atoms with E-state index in [9.17, 15) is 14.0 Å². The molecule has 8 heteroatoms. The summed E-state index contributed by atoms with van der Waals surface area (Å²) < 4.78 is 20.3. The fourth-order valence-corrected chi connectivity index (χ4v) is 2.89. The van der Waals surface area contributed by atoms with E-state index in [2.05, 4.69) is 10.3 Å². The maximum atomic E-state index is 13.6. The molecule has 1 atom stereocenters. The lowest BCUT2D eigenvalue weighted by atomic mass is 10.3. The Hall–Kier alpha value is -2.74. The van der Waals surface area contributed by atoms with Gasteiger partial charge in [-0.3, -0.25) is 14.0 Å². The average Bonchev–Trinajstić information content (AvgIpc) is 3.01. The lowest BCUT2D eigenvalue weighted by Gasteiger charge is -2.15. The summed E-state index contributed by atoms with van der Waals surface area (Å²) in [6.07, 6.45) is 0.604. The monoisotopic (exact) mass is 347 g/mol. The molecule has 3 aromatic rings. The summed E-state index contributed by atoms with van der Waals surface area (Å²) >= 11 is 1.33. The number of nitrogens with zero attached hydrogens (tertiary/aromatic N) is 2. The number of aromatic nitrogens is 2. The number of anilines is 1. The molecule has 0 spiro atoms. The molecular weight excluding hydrogens is 333 g/mol. The fraction of sp³-hybridized carbons (Fsp3) is 0.188. The predicted molar refractivity (Wildman–Crippen MR) is 89.2 cm³/mol. The van der Waals surface area contributed by atoms with Crippen LogP contribution in [0.4, 0.5) is 10.1 Å². The van der Waals surface area contributed by atoms with Gasteiger partial charge in [-0.1, -0.05) is 12.1 Å². The highest BCUT2D eigenvalue weighted by Crippen LogP contribution is 2.18. The van der Waals surface area contributed by atoms with Crippen LogP contribution in [0.25, 0.3) is 4.96 Å². The molecule has 2 aromatic heterocycles. The largest absolute Gasteiger partial charge is 0.478 e. The van der Waals surface area contributed by atoms with E-state index in [0.29, 0.717) is 10.7 Å². The number of ether oxygens (including phenoxy) is 1. The van der Waals surface area contributed by atoms with Crippen molar-refractivity contribution in [1.82, 2.24) is 9.38 Å². The second-order valence-corrected chi connectivity index (χ2v) is 5.99. The third-order valence-electron chi connectivity index (χ3n) is 3.41. The van der Waals surface area contributed by atoms with Gasteiger partial charge in [0.25, 0.3) is 11.5 Å². The number of carbonyl (C=O) groups excluding carboxylic acids is 1. The zero-order valence-electron chi connectivity index (χ0n) is 12.9. The minimum Gasteiger partial charge on any atom is -0.478 e. The Morgan fingerprint density at radius 1 is 1.42 bits per heavy atom. The Morgan fingerprint density at radius 3 is 2.92 bits per heavy atom. The molecule has 24 heavy (non-hydrogen) atoms. The molecule has 0 radical (unpaired) electrons. The van der Waals surface area contributed by atoms with Crippen LogP contribution in [0.2, 0.25) is 0 Å². The topological polar surface area (TPSA) is 72.7 Å². The van der Waals surface area contributed by atoms with E-state index in [-0.39, 0.29) is 17.0 Å². The molecule has 0 saturated heterocycles. The van der Waals surface area contributed by atoms with Gasteiger partial charge < -0.3 is 10.1 Å². The molecule has 6 nitrogen and oxygen atoms in total. The second-order valence-electron chi connectivity index (χ2n) is 5.11. The Kier molecular flexibility index (Phi) is 4.30. The van der Waals surface area contributed by atoms with Crippen molar-refractivity contribution < 1.29 is 13.9 Å². The third kappa shape index (κ3) is 3.00. The summed E-state index contributed by atoms with van der Waals surface area (Å²) in [6.45, 7) is 3.12. The van der Waals surface area contributed by atoms with E-state index in [1.165, 1.54) is 40.9 Å². The number of hydrogen-bond acceptors (Lipinski definition) is 5. The van der Waals surface area contributed by atoms with Crippen molar-refractivity contribution in [1.29, 1.82) is 0 Å². The van der Waals surface area contributed by atoms with Gasteiger partial charge in [0.15, 0.2) is 22.6 Å². The lowest BCUT2D eigenvalue weighted by Crippen LogP contribution is -2.33. The molecule has 0 aliphatic heterocycles. The summed E-state index contributed by atoms with van der Waals surface area (Å²) in [5.41, 5.74) is 0.124. The predicted octanol–water partition coefficient (Wildman–Crippen LogP) is 2.61. The van der Waals surface area contributed by atoms with Crippen LogP contribution < -0.4 is 15.6 Å². The van der Waals surface area contributed by atoms with Gasteiger partial charge in [-0.25, -0.2) is 9.37 Å². The van der Waals surface area contributed by atoms with Crippen LogP contribution in [0, 0.1) is 12.7 Å². The van der Waals surface area contributed by atoms with Gasteiger partial charge in [0.05, 0.1) is 5.69 Å². The molecule has 1 N–H and O–H groups in total. The molecule has 0 unspecified atom stereocenters. The van der Waals surface area contributed by atoms with Crippen LogP contribution in [0.1, 0.15) is 12.6 Å². The van der Waals surface area contributed by atoms with Crippen molar-refractivity contribution >= 4 is 27.9 Å². The first-order valence-electron chi connectivity index (χ1n) is 7.16. The molecule has 0 fully saturated rings. The van der Waals surface area contributed by atoms with Crippen molar-refractivity contribution in [3.63, 3.8) is 0 Å². The first-order valence-corrected chi connectivity index (χ1v) is 8.04. The van der Waals surface area contributed by atoms with Crippen LogP contribution in [0.3, 0.4) is 0 Å². The zero-order chi connectivity index (χ0) is 17.3. The molecule has 0 aliphatic carbocycles. The number of aryl methyl sites for hydroxylation is 1. The smallest absolute Gasteiger partial charge is 0.282 e. The van der Waals surface area contributed by atoms with Crippen molar-refractivity contribution in [2.75, 3.05) is 5.32 Å². The number of carbonyl (C=O) groups is 1. The molecular formula is C16H14FN3O3S. The number of halogens is 1. The number of thiazole rings is 1. The highest BCUT2D eigenvalue weighted by atomic mass is 32.1. The normalized spacial score (nSPS) is 12.1. The summed E-state index contributed by atoms with van der Waals surface area (Å²) in [5, 5.41) is 4.26. The van der Waals surface area contributed by atoms with Gasteiger partial charge in [-0.2, -0.15) is 0 Å². The number of amides is 1. The second kappa shape index (κ2) is 6.40. The molecule has 1 amide bonds. The highest BCUT2D eigenvalue weighted by Gasteiger charge is 2.20. The number of nitrogens with one attached hydrogen (secondary N) is 1. The molecule has 0 bridgehead atoms. The van der Waals surface area contributed by atoms with Crippen LogP contribution in [0.5, 0.6) is 5.75 Å². The molecule has 1 aromatic carbocycles. The van der Waals surface area contributed by atoms with Gasteiger partial charge in [0.2, 0.25) is 0 Å². The maximum absolute atomic E-state index is 13.6. The number of rotatable bonds is 4. The Balaban J connectivity index is 1.82. The van der Waals surface area contributed by atoms with Crippen LogP contribution >= 0.6 is 11.3 Å². The summed E-state index contributed by atoms with van der Waals surface area (Å²) in [6, 6.07) is 5.80. The minimum absolute atomic E-state index is 0.0278. The first-order chi connectivity index (χ1) is 11.5. The Labute approximate surface area is 140 Å². The van der Waals surface area contributed by atoms with Gasteiger partial charge in [0, 0.05) is 11.6 Å². The van der Waals surface area contributed by atoms with Crippen molar-refractivity contribution in [3.05, 3.63) is 57.7 Å². The number of fused-ring (bicyclic) bond motifs is 1. The van der Waals surface area contributed by atoms with Gasteiger partial charge >= 0.3 is 0 Å². The van der Waals surface area contributed by atoms with Gasteiger partial charge in [-0.15, -0.1) is 11.3 Å². The Bertz CT molecular complexity index is 967. The quantitative estimate of drug-likeness (QED) is 0.787. The van der Waals surface area contributed by atoms with Gasteiger partial charge in [0.1, 0.15) is 5.69 Å². The van der Waals surface area contributed by atoms with E-state index in [0.717, 1.165) is 0 Å². The molecule has 124 valence electrons. The minimum atomic E-state index is -0.983. The standard InChI is InChI=1S/C16H14FN3O3S/c1-9-13(15(22)20-7-8-24-16(20)18-9)19-14(21)10(2)23-12-6-4-3-5-11(12)17/h3-8,10H,1-2H3,(H,19,21)/t10-/m1/s1. The first kappa shape index (κ1) is 16.1. The van der Waals surface area contributed by atoms with Crippen LogP contribution in [-0.4, -0.2) is 21.4 Å². The van der Waals surface area contributed by atoms with E-state index < -0.39 is 17.8 Å². The number of para-hydroxylation sites is 1. The number of benzene rings is 1. The summed E-state index contributed by atoms with van der Waals surface area (Å²) in [7, 11) is 0. The summed E-state index contributed by atoms with van der Waals surface area (Å²) in [5.74, 6) is -1.15. The number of hydrogen-bond donors (Lipinski definition) is 1. The van der Waals surface area contributed by atoms with Crippen LogP contribution in [0.15, 0.2) is 40.6 Å². The highest BCUT2D eigenvalue weighted by molar-refractivity contribution is 7.15. The van der Waals surface area contributed by atoms with E-state index in [4.69, 9.17) is 4.74 Å². The van der Waals surface area contributed by atoms with E-state index >= 15 is 0 Å². The summed E-state index contributed by atoms with van der Waals surface area (Å²) in [4.78, 5) is 29.5. The van der Waals surface area contributed by atoms with Gasteiger partial charge in [-0.05, 0) is 26.0 Å². The Morgan fingerprint density at radius 2 is 2.17 bits per heavy atom. The molecule has 3 rings (SSSR count). The maximum Gasteiger partial charge on any atom is 0.282 e. The molecule has 2 heterocycles. The molecule has 0 saturated carbocycles. The SMILES string of the molecule is Cc1nc2sccn2c(=O)c1NC(=O)[C@@H](C)Oc1ccccc1F. The lowest BCUT2D eigenvalue weighted by molar-refractivity contribution is -0.122. The fourth-order valence-electron chi connectivity index (χ4n) is 2.14. The van der Waals surface area contributed by atoms with Crippen molar-refractivity contribution in [2.45, 2.75) is 20.0 Å². The van der Waals surface area contributed by atoms with Crippen molar-refractivity contribution in [2.24, 2.45) is 0 Å². The van der Waals surface area contributed by atoms with Crippen LogP contribution in [-0.2, 0) is 4.79 Å². The third-order valence-corrected chi connectivity index (χ3v) is 4.16. The zero-order valence-corrected chi connectivity index (χ0v) is 13.8. The average molecular weight is 347 g/mol. The van der Waals surface area contributed by atoms with Crippen molar-refractivity contribution in [3.8, 4) is 5.75 Å². The van der Waals surface area contributed by atoms with E-state index in [1.807, 2.05) is 0 Å². The molecule has 0 aliphatic rings. The van der Waals surface area contributed by atoms with E-state index in [1.54, 1.807) is 24.6 Å².